The van der Waals surface area contributed by atoms with Crippen molar-refractivity contribution >= 4 is 18.3 Å². The van der Waals surface area contributed by atoms with Gasteiger partial charge in [-0.1, -0.05) is 6.08 Å². The van der Waals surface area contributed by atoms with Crippen LogP contribution in [0.15, 0.2) is 12.2 Å². The molecule has 0 fully saturated rings. The Morgan fingerprint density at radius 2 is 2.11 bits per heavy atom. The molecule has 0 aliphatic carbocycles. The van der Waals surface area contributed by atoms with Gasteiger partial charge in [0.1, 0.15) is 0 Å². The number of nitrogens with one attached hydrogen (secondary N) is 2. The average Bonchev–Trinajstić information content (AvgIpc) is 1.68. The van der Waals surface area contributed by atoms with Gasteiger partial charge in [-0.25, -0.2) is 5.43 Å². The van der Waals surface area contributed by atoms with Crippen LogP contribution < -0.4 is 10.9 Å². The lowest BCUT2D eigenvalue weighted by Gasteiger charge is -1.93. The van der Waals surface area contributed by atoms with Gasteiger partial charge in [0.25, 0.3) is 5.91 Å². The van der Waals surface area contributed by atoms with Gasteiger partial charge in [0.2, 0.25) is 0 Å². The zero-order chi connectivity index (χ0) is 6.41. The van der Waals surface area contributed by atoms with Crippen LogP contribution in [0.3, 0.4) is 0 Å². The van der Waals surface area contributed by atoms with E-state index in [4.69, 9.17) is 0 Å². The molecule has 0 spiro atoms. The second kappa shape index (κ2) is 7.46. The minimum Gasteiger partial charge on any atom is -0.288 e. The predicted octanol–water partition coefficient (Wildman–Crippen LogP) is 0.235. The standard InChI is InChI=1S/C5H10N2O.ClH/c1-3-4-5(8)7-6-2;/h3-4,6H,1-2H3,(H,7,8);1H. The van der Waals surface area contributed by atoms with E-state index >= 15 is 0 Å². The van der Waals surface area contributed by atoms with E-state index in [0.29, 0.717) is 0 Å². The van der Waals surface area contributed by atoms with Gasteiger partial charge in [0, 0.05) is 7.05 Å². The number of allylic oxidation sites excluding steroid dienone is 1. The van der Waals surface area contributed by atoms with Crippen LogP contribution in [0.1, 0.15) is 6.92 Å². The predicted molar refractivity (Wildman–Crippen MR) is 39.3 cm³/mol. The van der Waals surface area contributed by atoms with Gasteiger partial charge in [-0.05, 0) is 13.0 Å². The molecule has 3 nitrogen and oxygen atoms in total. The van der Waals surface area contributed by atoms with Crippen molar-refractivity contribution in [2.75, 3.05) is 7.05 Å². The molecule has 0 unspecified atom stereocenters. The summed E-state index contributed by atoms with van der Waals surface area (Å²) in [6, 6.07) is 0. The van der Waals surface area contributed by atoms with E-state index in [2.05, 4.69) is 10.9 Å². The van der Waals surface area contributed by atoms with Crippen molar-refractivity contribution in [2.45, 2.75) is 6.92 Å². The highest BCUT2D eigenvalue weighted by Gasteiger charge is 1.85. The lowest BCUT2D eigenvalue weighted by atomic mass is 10.5. The number of carbonyl (C=O) groups is 1. The molecule has 1 amide bonds. The van der Waals surface area contributed by atoms with Crippen LogP contribution in [0.2, 0.25) is 0 Å². The van der Waals surface area contributed by atoms with Crippen molar-refractivity contribution in [1.82, 2.24) is 10.9 Å². The van der Waals surface area contributed by atoms with Gasteiger partial charge < -0.3 is 0 Å². The largest absolute Gasteiger partial charge is 0.288 e. The highest BCUT2D eigenvalue weighted by atomic mass is 35.5. The lowest BCUT2D eigenvalue weighted by Crippen LogP contribution is -2.32. The summed E-state index contributed by atoms with van der Waals surface area (Å²) in [5, 5.41) is 0. The molecule has 0 saturated carbocycles. The Bertz CT molecular complexity index is 103. The van der Waals surface area contributed by atoms with Crippen LogP contribution in [-0.4, -0.2) is 13.0 Å². The minimum absolute atomic E-state index is 0. The molecule has 0 rings (SSSR count). The molecule has 0 aromatic rings. The number of hydrogen-bond acceptors (Lipinski definition) is 2. The summed E-state index contributed by atoms with van der Waals surface area (Å²) in [7, 11) is 1.64. The molecule has 0 bridgehead atoms. The molecular formula is C5H11ClN2O. The third-order valence-corrected chi connectivity index (χ3v) is 0.566. The third kappa shape index (κ3) is 7.46. The molecule has 0 aliphatic rings. The van der Waals surface area contributed by atoms with Crippen molar-refractivity contribution in [2.24, 2.45) is 0 Å². The maximum Gasteiger partial charge on any atom is 0.257 e. The molecule has 0 heterocycles. The van der Waals surface area contributed by atoms with E-state index in [1.807, 2.05) is 0 Å². The fourth-order valence-electron chi connectivity index (χ4n) is 0.316. The van der Waals surface area contributed by atoms with Crippen molar-refractivity contribution in [1.29, 1.82) is 0 Å². The molecule has 0 aromatic carbocycles. The SMILES string of the molecule is CC=CC(=O)NNC.Cl. The number of halogens is 1. The van der Waals surface area contributed by atoms with E-state index < -0.39 is 0 Å². The average molecular weight is 151 g/mol. The number of hydrazine groups is 1. The second-order valence-corrected chi connectivity index (χ2v) is 1.24. The Morgan fingerprint density at radius 3 is 2.44 bits per heavy atom. The summed E-state index contributed by atoms with van der Waals surface area (Å²) in [6.45, 7) is 1.79. The topological polar surface area (TPSA) is 41.1 Å². The van der Waals surface area contributed by atoms with Gasteiger partial charge in [0.15, 0.2) is 0 Å². The lowest BCUT2D eigenvalue weighted by molar-refractivity contribution is -0.117. The molecular weight excluding hydrogens is 140 g/mol. The van der Waals surface area contributed by atoms with Crippen LogP contribution in [0.25, 0.3) is 0 Å². The van der Waals surface area contributed by atoms with E-state index in [9.17, 15) is 4.79 Å². The summed E-state index contributed by atoms with van der Waals surface area (Å²) in [5.74, 6) is -0.130. The highest BCUT2D eigenvalue weighted by molar-refractivity contribution is 5.86. The van der Waals surface area contributed by atoms with Gasteiger partial charge in [0.05, 0.1) is 0 Å². The second-order valence-electron chi connectivity index (χ2n) is 1.24. The summed E-state index contributed by atoms with van der Waals surface area (Å²) >= 11 is 0. The van der Waals surface area contributed by atoms with Crippen LogP contribution >= 0.6 is 12.4 Å². The maximum atomic E-state index is 10.4. The Morgan fingerprint density at radius 1 is 1.56 bits per heavy atom. The quantitative estimate of drug-likeness (QED) is 0.437. The summed E-state index contributed by atoms with van der Waals surface area (Å²) in [4.78, 5) is 10.4. The fraction of sp³-hybridized carbons (Fsp3) is 0.400. The Balaban J connectivity index is 0. The van der Waals surface area contributed by atoms with Crippen LogP contribution in [0.5, 0.6) is 0 Å². The first-order valence-corrected chi connectivity index (χ1v) is 2.40. The van der Waals surface area contributed by atoms with Crippen LogP contribution in [-0.2, 0) is 4.79 Å². The molecule has 2 N–H and O–H groups in total. The normalized spacial score (nSPS) is 8.67. The summed E-state index contributed by atoms with van der Waals surface area (Å²) in [6.07, 6.45) is 3.11. The van der Waals surface area contributed by atoms with E-state index in [1.165, 1.54) is 6.08 Å². The molecule has 0 saturated heterocycles. The maximum absolute atomic E-state index is 10.4. The van der Waals surface area contributed by atoms with E-state index in [0.717, 1.165) is 0 Å². The monoisotopic (exact) mass is 150 g/mol. The molecule has 0 aromatic heterocycles. The van der Waals surface area contributed by atoms with Gasteiger partial charge >= 0.3 is 0 Å². The Labute approximate surface area is 60.9 Å². The van der Waals surface area contributed by atoms with Gasteiger partial charge in [-0.15, -0.1) is 12.4 Å². The highest BCUT2D eigenvalue weighted by Crippen LogP contribution is 1.66. The molecule has 4 heteroatoms. The first-order chi connectivity index (χ1) is 3.81. The Hall–Kier alpha value is -0.540. The minimum atomic E-state index is -0.130. The van der Waals surface area contributed by atoms with Crippen molar-refractivity contribution in [3.63, 3.8) is 0 Å². The molecule has 0 radical (unpaired) electrons. The van der Waals surface area contributed by atoms with Crippen molar-refractivity contribution in [3.8, 4) is 0 Å². The Kier molecular flexibility index (Phi) is 9.35. The first-order valence-electron chi connectivity index (χ1n) is 2.40. The third-order valence-electron chi connectivity index (χ3n) is 0.566. The molecule has 54 valence electrons. The van der Waals surface area contributed by atoms with Gasteiger partial charge in [-0.3, -0.25) is 10.2 Å². The van der Waals surface area contributed by atoms with E-state index in [-0.39, 0.29) is 18.3 Å². The van der Waals surface area contributed by atoms with Crippen molar-refractivity contribution < 1.29 is 4.79 Å². The summed E-state index contributed by atoms with van der Waals surface area (Å²) < 4.78 is 0. The number of hydrogen-bond donors (Lipinski definition) is 2. The number of amides is 1. The molecule has 0 atom stereocenters. The zero-order valence-electron chi connectivity index (χ0n) is 5.47. The zero-order valence-corrected chi connectivity index (χ0v) is 6.29. The van der Waals surface area contributed by atoms with E-state index in [1.54, 1.807) is 20.0 Å². The molecule has 0 aliphatic heterocycles. The van der Waals surface area contributed by atoms with Crippen LogP contribution in [0, 0.1) is 0 Å². The number of carbonyl (C=O) groups excluding carboxylic acids is 1. The molecule has 9 heavy (non-hydrogen) atoms. The fourth-order valence-corrected chi connectivity index (χ4v) is 0.316. The smallest absolute Gasteiger partial charge is 0.257 e. The van der Waals surface area contributed by atoms with Crippen LogP contribution in [0.4, 0.5) is 0 Å². The van der Waals surface area contributed by atoms with Crippen molar-refractivity contribution in [3.05, 3.63) is 12.2 Å². The first kappa shape index (κ1) is 11.3. The number of rotatable bonds is 2. The van der Waals surface area contributed by atoms with Gasteiger partial charge in [-0.2, -0.15) is 0 Å². The summed E-state index contributed by atoms with van der Waals surface area (Å²) in [5.41, 5.74) is 4.87.